The number of hydrogen-bond acceptors (Lipinski definition) is 6. The number of fused-ring (bicyclic) bond motifs is 1. The number of aromatic nitrogens is 5. The third-order valence-corrected chi connectivity index (χ3v) is 5.12. The Morgan fingerprint density at radius 2 is 1.97 bits per heavy atom. The first-order chi connectivity index (χ1) is 13.7. The summed E-state index contributed by atoms with van der Waals surface area (Å²) in [6.45, 7) is 8.35. The quantitative estimate of drug-likeness (QED) is 0.707. The number of carbonyl (C=O) groups excluding carboxylic acids is 1. The highest BCUT2D eigenvalue weighted by molar-refractivity contribution is 5.93. The van der Waals surface area contributed by atoms with Crippen LogP contribution in [0.1, 0.15) is 37.0 Å². The molecule has 0 bridgehead atoms. The minimum atomic E-state index is -0.330. The number of nitrogens with zero attached hydrogens (tertiary/aromatic N) is 6. The zero-order chi connectivity index (χ0) is 20.8. The summed E-state index contributed by atoms with van der Waals surface area (Å²) in [5.41, 5.74) is 0.454. The zero-order valence-corrected chi connectivity index (χ0v) is 17.1. The average Bonchev–Trinajstić information content (AvgIpc) is 3.06. The van der Waals surface area contributed by atoms with Crippen LogP contribution in [0.25, 0.3) is 5.65 Å². The fourth-order valence-corrected chi connectivity index (χ4v) is 3.40. The maximum absolute atomic E-state index is 12.3. The molecule has 1 N–H and O–H groups in total. The third kappa shape index (κ3) is 3.59. The number of amides is 1. The van der Waals surface area contributed by atoms with Crippen LogP contribution in [0.15, 0.2) is 35.3 Å². The van der Waals surface area contributed by atoms with Crippen molar-refractivity contribution in [3.8, 4) is 0 Å². The Balaban J connectivity index is 1.38. The molecule has 9 heteroatoms. The number of nitrogens with one attached hydrogen (secondary N) is 1. The van der Waals surface area contributed by atoms with Crippen LogP contribution >= 0.6 is 0 Å². The summed E-state index contributed by atoms with van der Waals surface area (Å²) in [4.78, 5) is 26.5. The molecule has 1 amide bonds. The maximum Gasteiger partial charge on any atom is 0.263 e. The number of pyridine rings is 1. The van der Waals surface area contributed by atoms with E-state index in [2.05, 4.69) is 41.2 Å². The lowest BCUT2D eigenvalue weighted by Gasteiger charge is -2.40. The van der Waals surface area contributed by atoms with E-state index in [1.54, 1.807) is 29.9 Å². The summed E-state index contributed by atoms with van der Waals surface area (Å²) in [5, 5.41) is 16.0. The molecule has 0 aromatic carbocycles. The number of carbonyl (C=O) groups is 1. The van der Waals surface area contributed by atoms with Crippen LogP contribution in [0.5, 0.6) is 0 Å². The Hall–Kier alpha value is -3.23. The third-order valence-electron chi connectivity index (χ3n) is 5.12. The van der Waals surface area contributed by atoms with E-state index in [1.807, 2.05) is 12.1 Å². The molecule has 3 aromatic rings. The van der Waals surface area contributed by atoms with Crippen molar-refractivity contribution in [1.82, 2.24) is 29.7 Å². The van der Waals surface area contributed by atoms with Gasteiger partial charge in [-0.3, -0.25) is 9.59 Å². The summed E-state index contributed by atoms with van der Waals surface area (Å²) in [6, 6.07) is 7.11. The van der Waals surface area contributed by atoms with Gasteiger partial charge in [0.1, 0.15) is 11.4 Å². The minimum absolute atomic E-state index is 0.151. The van der Waals surface area contributed by atoms with Crippen molar-refractivity contribution in [2.24, 2.45) is 13.0 Å². The van der Waals surface area contributed by atoms with Crippen molar-refractivity contribution in [2.45, 2.75) is 26.2 Å². The molecule has 1 aliphatic heterocycles. The van der Waals surface area contributed by atoms with Crippen LogP contribution < -0.4 is 15.8 Å². The van der Waals surface area contributed by atoms with Crippen LogP contribution in [0.2, 0.25) is 0 Å². The first-order valence-electron chi connectivity index (χ1n) is 9.66. The fourth-order valence-electron chi connectivity index (χ4n) is 3.40. The lowest BCUT2D eigenvalue weighted by Crippen LogP contribution is -2.52. The zero-order valence-electron chi connectivity index (χ0n) is 17.1. The second-order valence-electron chi connectivity index (χ2n) is 8.55. The molecule has 0 aliphatic carbocycles. The molecule has 0 atom stereocenters. The second kappa shape index (κ2) is 6.98. The van der Waals surface area contributed by atoms with Gasteiger partial charge in [0.25, 0.3) is 11.5 Å². The molecule has 1 fully saturated rings. The van der Waals surface area contributed by atoms with Gasteiger partial charge in [-0.05, 0) is 24.3 Å². The molecule has 1 saturated heterocycles. The van der Waals surface area contributed by atoms with Gasteiger partial charge >= 0.3 is 0 Å². The molecule has 152 valence electrons. The van der Waals surface area contributed by atoms with Crippen LogP contribution in [-0.4, -0.2) is 49.9 Å². The Morgan fingerprint density at radius 1 is 1.21 bits per heavy atom. The fraction of sp³-hybridized carbons (Fsp3) is 0.450. The first kappa shape index (κ1) is 19.1. The monoisotopic (exact) mass is 395 g/mol. The summed E-state index contributed by atoms with van der Waals surface area (Å²) in [5.74, 6) is 1.67. The number of hydrogen-bond donors (Lipinski definition) is 1. The predicted molar refractivity (Wildman–Crippen MR) is 109 cm³/mol. The van der Waals surface area contributed by atoms with E-state index in [1.165, 1.54) is 4.57 Å². The molecule has 4 heterocycles. The topological polar surface area (TPSA) is 97.4 Å². The highest BCUT2D eigenvalue weighted by Gasteiger charge is 2.29. The van der Waals surface area contributed by atoms with Gasteiger partial charge < -0.3 is 14.8 Å². The largest absolute Gasteiger partial charge is 0.354 e. The minimum Gasteiger partial charge on any atom is -0.354 e. The van der Waals surface area contributed by atoms with Crippen molar-refractivity contribution >= 4 is 17.4 Å². The van der Waals surface area contributed by atoms with Crippen molar-refractivity contribution in [3.63, 3.8) is 0 Å². The normalized spacial score (nSPS) is 14.8. The summed E-state index contributed by atoms with van der Waals surface area (Å²) in [7, 11) is 1.63. The Bertz CT molecular complexity index is 1120. The summed E-state index contributed by atoms with van der Waals surface area (Å²) in [6.07, 6.45) is 1.63. The molecule has 0 saturated carbocycles. The number of rotatable bonds is 4. The van der Waals surface area contributed by atoms with Crippen molar-refractivity contribution in [1.29, 1.82) is 0 Å². The molecule has 0 radical (unpaired) electrons. The lowest BCUT2D eigenvalue weighted by atomic mass is 9.96. The highest BCUT2D eigenvalue weighted by atomic mass is 16.2. The molecule has 0 unspecified atom stereocenters. The van der Waals surface area contributed by atoms with Gasteiger partial charge in [0.05, 0.1) is 0 Å². The summed E-state index contributed by atoms with van der Waals surface area (Å²) < 4.78 is 3.20. The number of anilines is 1. The van der Waals surface area contributed by atoms with Crippen molar-refractivity contribution in [3.05, 3.63) is 52.2 Å². The van der Waals surface area contributed by atoms with Gasteiger partial charge in [-0.25, -0.2) is 0 Å². The Morgan fingerprint density at radius 3 is 2.69 bits per heavy atom. The molecule has 29 heavy (non-hydrogen) atoms. The SMILES string of the molecule is Cn1cccc(C(=O)NCC2CN(c3ccc4nnc(C(C)(C)C)n4n3)C2)c1=O. The van der Waals surface area contributed by atoms with Gasteiger partial charge in [-0.2, -0.15) is 4.52 Å². The van der Waals surface area contributed by atoms with E-state index in [-0.39, 0.29) is 22.4 Å². The Labute approximate surface area is 168 Å². The van der Waals surface area contributed by atoms with Gasteiger partial charge in [0, 0.05) is 44.2 Å². The first-order valence-corrected chi connectivity index (χ1v) is 9.66. The van der Waals surface area contributed by atoms with Crippen LogP contribution in [0.4, 0.5) is 5.82 Å². The van der Waals surface area contributed by atoms with Crippen molar-refractivity contribution < 1.29 is 4.79 Å². The second-order valence-corrected chi connectivity index (χ2v) is 8.55. The van der Waals surface area contributed by atoms with Crippen molar-refractivity contribution in [2.75, 3.05) is 24.5 Å². The molecule has 3 aromatic heterocycles. The lowest BCUT2D eigenvalue weighted by molar-refractivity contribution is 0.0942. The van der Waals surface area contributed by atoms with Crippen LogP contribution in [-0.2, 0) is 12.5 Å². The molecule has 9 nitrogen and oxygen atoms in total. The van der Waals surface area contributed by atoms with Gasteiger partial charge in [-0.1, -0.05) is 20.8 Å². The number of aryl methyl sites for hydroxylation is 1. The molecule has 0 spiro atoms. The van der Waals surface area contributed by atoms with Crippen LogP contribution in [0.3, 0.4) is 0 Å². The maximum atomic E-state index is 12.3. The Kier molecular flexibility index (Phi) is 4.60. The molecule has 1 aliphatic rings. The predicted octanol–water partition coefficient (Wildman–Crippen LogP) is 0.987. The standard InChI is InChI=1S/C20H25N7O2/c1-20(2,3)19-23-22-15-7-8-16(24-27(15)19)26-11-13(12-26)10-21-17(28)14-6-5-9-25(4)18(14)29/h5-9,13H,10-12H2,1-4H3,(H,21,28). The van der Waals surface area contributed by atoms with Gasteiger partial charge in [0.2, 0.25) is 0 Å². The molecule has 4 rings (SSSR count). The smallest absolute Gasteiger partial charge is 0.263 e. The highest BCUT2D eigenvalue weighted by Crippen LogP contribution is 2.25. The van der Waals surface area contributed by atoms with Gasteiger partial charge in [-0.15, -0.1) is 15.3 Å². The molecular weight excluding hydrogens is 370 g/mol. The van der Waals surface area contributed by atoms with Crippen LogP contribution in [0, 0.1) is 5.92 Å². The van der Waals surface area contributed by atoms with E-state index in [0.29, 0.717) is 12.5 Å². The molecular formula is C20H25N7O2. The van der Waals surface area contributed by atoms with E-state index in [4.69, 9.17) is 5.10 Å². The van der Waals surface area contributed by atoms with Gasteiger partial charge in [0.15, 0.2) is 11.5 Å². The summed E-state index contributed by atoms with van der Waals surface area (Å²) >= 11 is 0. The van der Waals surface area contributed by atoms with E-state index >= 15 is 0 Å². The van der Waals surface area contributed by atoms with E-state index in [9.17, 15) is 9.59 Å². The van der Waals surface area contributed by atoms with E-state index in [0.717, 1.165) is 30.4 Å². The van der Waals surface area contributed by atoms with E-state index < -0.39 is 0 Å². The average molecular weight is 395 g/mol.